The lowest BCUT2D eigenvalue weighted by Crippen LogP contribution is -2.27. The third-order valence-corrected chi connectivity index (χ3v) is 5.43. The number of hydrogen-bond acceptors (Lipinski definition) is 5. The third kappa shape index (κ3) is 3.32. The molecule has 2 aromatic heterocycles. The second-order valence-electron chi connectivity index (χ2n) is 6.72. The lowest BCUT2D eigenvalue weighted by atomic mass is 10.0. The van der Waals surface area contributed by atoms with Crippen LogP contribution in [0.2, 0.25) is 0 Å². The van der Waals surface area contributed by atoms with Gasteiger partial charge in [-0.25, -0.2) is 0 Å². The molecule has 1 aliphatic rings. The molecule has 0 aliphatic carbocycles. The maximum absolute atomic E-state index is 12.8. The standard InChI is InChI=1S/C17H23N5O2S/c1-9(2)22-12(7-10(3)20-22)16(24)19-17-14(15(18)23)11-5-6-21(4)8-13(11)25-17/h7,9H,5-6,8H2,1-4H3,(H2,18,23)(H,19,24). The van der Waals surface area contributed by atoms with E-state index in [-0.39, 0.29) is 11.9 Å². The number of carbonyl (C=O) groups excluding carboxylic acids is 2. The number of primary amides is 1. The Morgan fingerprint density at radius 2 is 2.12 bits per heavy atom. The Balaban J connectivity index is 1.96. The molecular formula is C17H23N5O2S. The molecule has 3 N–H and O–H groups in total. The number of carbonyl (C=O) groups is 2. The summed E-state index contributed by atoms with van der Waals surface area (Å²) in [6.07, 6.45) is 0.763. The van der Waals surface area contributed by atoms with E-state index >= 15 is 0 Å². The van der Waals surface area contributed by atoms with Crippen molar-refractivity contribution in [3.05, 3.63) is 33.5 Å². The topological polar surface area (TPSA) is 93.2 Å². The first-order valence-corrected chi connectivity index (χ1v) is 9.10. The Morgan fingerprint density at radius 1 is 1.40 bits per heavy atom. The molecular weight excluding hydrogens is 338 g/mol. The van der Waals surface area contributed by atoms with Crippen LogP contribution < -0.4 is 11.1 Å². The van der Waals surface area contributed by atoms with Crippen LogP contribution >= 0.6 is 11.3 Å². The summed E-state index contributed by atoms with van der Waals surface area (Å²) < 4.78 is 1.69. The van der Waals surface area contributed by atoms with Crippen molar-refractivity contribution < 1.29 is 9.59 Å². The van der Waals surface area contributed by atoms with Crippen LogP contribution in [-0.2, 0) is 13.0 Å². The molecule has 134 valence electrons. The highest BCUT2D eigenvalue weighted by molar-refractivity contribution is 7.17. The van der Waals surface area contributed by atoms with Crippen molar-refractivity contribution in [1.29, 1.82) is 0 Å². The first-order valence-electron chi connectivity index (χ1n) is 8.28. The van der Waals surface area contributed by atoms with E-state index in [0.29, 0.717) is 16.3 Å². The highest BCUT2D eigenvalue weighted by atomic mass is 32.1. The largest absolute Gasteiger partial charge is 0.365 e. The number of hydrogen-bond donors (Lipinski definition) is 2. The second kappa shape index (κ2) is 6.61. The van der Waals surface area contributed by atoms with Gasteiger partial charge in [0.05, 0.1) is 11.3 Å². The molecule has 0 saturated carbocycles. The fourth-order valence-corrected chi connectivity index (χ4v) is 4.46. The summed E-state index contributed by atoms with van der Waals surface area (Å²) in [6, 6.07) is 1.82. The predicted molar refractivity (Wildman–Crippen MR) is 98.2 cm³/mol. The molecule has 2 amide bonds. The minimum atomic E-state index is -0.495. The summed E-state index contributed by atoms with van der Waals surface area (Å²) in [5.41, 5.74) is 8.28. The van der Waals surface area contributed by atoms with Gasteiger partial charge in [-0.3, -0.25) is 14.3 Å². The van der Waals surface area contributed by atoms with Gasteiger partial charge in [-0.15, -0.1) is 11.3 Å². The number of amides is 2. The minimum absolute atomic E-state index is 0.0650. The van der Waals surface area contributed by atoms with Crippen molar-refractivity contribution in [3.63, 3.8) is 0 Å². The number of likely N-dealkylation sites (N-methyl/N-ethyl adjacent to an activating group) is 1. The van der Waals surface area contributed by atoms with Crippen molar-refractivity contribution in [1.82, 2.24) is 14.7 Å². The Hall–Kier alpha value is -2.19. The summed E-state index contributed by atoms with van der Waals surface area (Å²) in [4.78, 5) is 28.0. The van der Waals surface area contributed by atoms with Crippen molar-refractivity contribution in [2.45, 2.75) is 39.8 Å². The van der Waals surface area contributed by atoms with Crippen LogP contribution in [0.5, 0.6) is 0 Å². The van der Waals surface area contributed by atoms with Gasteiger partial charge in [-0.1, -0.05) is 0 Å². The molecule has 0 saturated heterocycles. The molecule has 3 heterocycles. The zero-order valence-corrected chi connectivity index (χ0v) is 15.7. The zero-order chi connectivity index (χ0) is 18.3. The number of thiophene rings is 1. The molecule has 0 unspecified atom stereocenters. The smallest absolute Gasteiger partial charge is 0.274 e. The van der Waals surface area contributed by atoms with Gasteiger partial charge in [0.1, 0.15) is 10.7 Å². The molecule has 0 radical (unpaired) electrons. The van der Waals surface area contributed by atoms with Crippen molar-refractivity contribution in [3.8, 4) is 0 Å². The minimum Gasteiger partial charge on any atom is -0.365 e. The Morgan fingerprint density at radius 3 is 2.76 bits per heavy atom. The van der Waals surface area contributed by atoms with Crippen LogP contribution in [0.1, 0.15) is 56.9 Å². The van der Waals surface area contributed by atoms with Gasteiger partial charge in [0.25, 0.3) is 11.8 Å². The SMILES string of the molecule is Cc1cc(C(=O)Nc2sc3c(c2C(N)=O)CCN(C)C3)n(C(C)C)n1. The maximum atomic E-state index is 12.8. The predicted octanol–water partition coefficient (Wildman–Crippen LogP) is 2.17. The van der Waals surface area contributed by atoms with E-state index in [1.807, 2.05) is 27.8 Å². The van der Waals surface area contributed by atoms with Crippen molar-refractivity contribution in [2.75, 3.05) is 18.9 Å². The molecule has 7 nitrogen and oxygen atoms in total. The Labute approximate surface area is 150 Å². The lowest BCUT2D eigenvalue weighted by Gasteiger charge is -2.22. The van der Waals surface area contributed by atoms with Crippen molar-refractivity contribution in [2.24, 2.45) is 5.73 Å². The lowest BCUT2D eigenvalue weighted by molar-refractivity contribution is 0.1000. The van der Waals surface area contributed by atoms with Crippen LogP contribution in [0.25, 0.3) is 0 Å². The second-order valence-corrected chi connectivity index (χ2v) is 7.83. The summed E-state index contributed by atoms with van der Waals surface area (Å²) in [5.74, 6) is -0.769. The third-order valence-electron chi connectivity index (χ3n) is 4.30. The Kier molecular flexibility index (Phi) is 4.66. The molecule has 1 aliphatic heterocycles. The molecule has 0 bridgehead atoms. The average molecular weight is 361 g/mol. The molecule has 25 heavy (non-hydrogen) atoms. The molecule has 0 atom stereocenters. The quantitative estimate of drug-likeness (QED) is 0.873. The van der Waals surface area contributed by atoms with E-state index in [1.165, 1.54) is 11.3 Å². The molecule has 0 spiro atoms. The maximum Gasteiger partial charge on any atom is 0.274 e. The summed E-state index contributed by atoms with van der Waals surface area (Å²) >= 11 is 1.43. The fraction of sp³-hybridized carbons (Fsp3) is 0.471. The Bertz CT molecular complexity index is 836. The van der Waals surface area contributed by atoms with Gasteiger partial charge in [-0.05, 0) is 45.9 Å². The summed E-state index contributed by atoms with van der Waals surface area (Å²) in [6.45, 7) is 7.43. The number of nitrogens with zero attached hydrogens (tertiary/aromatic N) is 3. The highest BCUT2D eigenvalue weighted by Gasteiger charge is 2.27. The fourth-order valence-electron chi connectivity index (χ4n) is 3.13. The van der Waals surface area contributed by atoms with Gasteiger partial charge in [-0.2, -0.15) is 5.10 Å². The molecule has 0 aromatic carbocycles. The summed E-state index contributed by atoms with van der Waals surface area (Å²) in [5, 5.41) is 7.79. The first-order chi connectivity index (χ1) is 11.8. The number of aryl methyl sites for hydroxylation is 1. The zero-order valence-electron chi connectivity index (χ0n) is 14.9. The number of nitrogens with one attached hydrogen (secondary N) is 1. The molecule has 2 aromatic rings. The number of anilines is 1. The monoisotopic (exact) mass is 361 g/mol. The number of rotatable bonds is 4. The van der Waals surface area contributed by atoms with Crippen LogP contribution in [0.4, 0.5) is 5.00 Å². The van der Waals surface area contributed by atoms with E-state index in [1.54, 1.807) is 10.7 Å². The molecule has 8 heteroatoms. The van der Waals surface area contributed by atoms with E-state index in [2.05, 4.69) is 15.3 Å². The first kappa shape index (κ1) is 17.6. The summed E-state index contributed by atoms with van der Waals surface area (Å²) in [7, 11) is 2.04. The van der Waals surface area contributed by atoms with Crippen LogP contribution in [-0.4, -0.2) is 40.1 Å². The van der Waals surface area contributed by atoms with Gasteiger partial charge in [0, 0.05) is 24.0 Å². The number of aromatic nitrogens is 2. The van der Waals surface area contributed by atoms with E-state index in [0.717, 1.165) is 35.6 Å². The van der Waals surface area contributed by atoms with E-state index in [4.69, 9.17) is 5.73 Å². The number of fused-ring (bicyclic) bond motifs is 1. The van der Waals surface area contributed by atoms with Gasteiger partial charge < -0.3 is 16.0 Å². The van der Waals surface area contributed by atoms with E-state index < -0.39 is 5.91 Å². The molecule has 0 fully saturated rings. The van der Waals surface area contributed by atoms with Crippen LogP contribution in [0, 0.1) is 6.92 Å². The van der Waals surface area contributed by atoms with Gasteiger partial charge in [0.2, 0.25) is 0 Å². The average Bonchev–Trinajstić information content (AvgIpc) is 3.07. The van der Waals surface area contributed by atoms with Gasteiger partial charge in [0.15, 0.2) is 0 Å². The highest BCUT2D eigenvalue weighted by Crippen LogP contribution is 2.36. The van der Waals surface area contributed by atoms with Crippen LogP contribution in [0.3, 0.4) is 0 Å². The number of nitrogens with two attached hydrogens (primary N) is 1. The van der Waals surface area contributed by atoms with Crippen LogP contribution in [0.15, 0.2) is 6.07 Å². The van der Waals surface area contributed by atoms with Gasteiger partial charge >= 0.3 is 0 Å². The molecule has 3 rings (SSSR count). The van der Waals surface area contributed by atoms with Crippen molar-refractivity contribution >= 4 is 28.2 Å². The normalized spacial score (nSPS) is 14.6. The van der Waals surface area contributed by atoms with E-state index in [9.17, 15) is 9.59 Å².